The van der Waals surface area contributed by atoms with Crippen LogP contribution in [0.15, 0.2) is 35.2 Å². The standard InChI is InChI=1S/C12H7ClF3NO3S/c13-8-5-7(1-2-11(8)18)17-21(19,20)12-9(15)3-6(14)4-10(12)16/h1-5,17-18H. The lowest BCUT2D eigenvalue weighted by molar-refractivity contribution is 0.475. The lowest BCUT2D eigenvalue weighted by atomic mass is 10.3. The van der Waals surface area contributed by atoms with Gasteiger partial charge in [-0.2, -0.15) is 0 Å². The topological polar surface area (TPSA) is 66.4 Å². The molecule has 2 rings (SSSR count). The molecule has 0 spiro atoms. The van der Waals surface area contributed by atoms with Crippen LogP contribution in [0.5, 0.6) is 5.75 Å². The van der Waals surface area contributed by atoms with E-state index in [1.54, 1.807) is 0 Å². The molecule has 0 saturated carbocycles. The Labute approximate surface area is 122 Å². The third-order valence-electron chi connectivity index (χ3n) is 2.43. The number of hydrogen-bond donors (Lipinski definition) is 2. The fourth-order valence-electron chi connectivity index (χ4n) is 1.56. The first kappa shape index (κ1) is 15.5. The molecule has 0 amide bonds. The highest BCUT2D eigenvalue weighted by molar-refractivity contribution is 7.92. The van der Waals surface area contributed by atoms with Crippen LogP contribution in [0.4, 0.5) is 18.9 Å². The molecular formula is C12H7ClF3NO3S. The first-order valence-corrected chi connectivity index (χ1v) is 7.22. The van der Waals surface area contributed by atoms with E-state index in [-0.39, 0.29) is 28.6 Å². The van der Waals surface area contributed by atoms with Gasteiger partial charge in [0.25, 0.3) is 10.0 Å². The smallest absolute Gasteiger partial charge is 0.267 e. The van der Waals surface area contributed by atoms with Crippen LogP contribution in [-0.2, 0) is 10.0 Å². The van der Waals surface area contributed by atoms with Crippen molar-refractivity contribution in [2.75, 3.05) is 4.72 Å². The second kappa shape index (κ2) is 5.45. The summed E-state index contributed by atoms with van der Waals surface area (Å²) in [5.74, 6) is -4.66. The van der Waals surface area contributed by atoms with Crippen LogP contribution in [0, 0.1) is 17.5 Å². The van der Waals surface area contributed by atoms with Gasteiger partial charge in [0.2, 0.25) is 0 Å². The summed E-state index contributed by atoms with van der Waals surface area (Å²) in [6.45, 7) is 0. The molecular weight excluding hydrogens is 331 g/mol. The molecule has 0 saturated heterocycles. The summed E-state index contributed by atoms with van der Waals surface area (Å²) < 4.78 is 65.5. The number of benzene rings is 2. The van der Waals surface area contributed by atoms with Crippen molar-refractivity contribution in [3.8, 4) is 5.75 Å². The van der Waals surface area contributed by atoms with Crippen LogP contribution in [0.25, 0.3) is 0 Å². The van der Waals surface area contributed by atoms with Crippen LogP contribution in [0.1, 0.15) is 0 Å². The maximum Gasteiger partial charge on any atom is 0.267 e. The van der Waals surface area contributed by atoms with Crippen LogP contribution in [0.2, 0.25) is 5.02 Å². The van der Waals surface area contributed by atoms with E-state index in [0.29, 0.717) is 0 Å². The molecule has 0 atom stereocenters. The van der Waals surface area contributed by atoms with Crippen molar-refractivity contribution in [1.29, 1.82) is 0 Å². The molecule has 2 aromatic rings. The van der Waals surface area contributed by atoms with Crippen molar-refractivity contribution in [1.82, 2.24) is 0 Å². The number of nitrogens with one attached hydrogen (secondary N) is 1. The van der Waals surface area contributed by atoms with Gasteiger partial charge in [-0.15, -0.1) is 0 Å². The van der Waals surface area contributed by atoms with Gasteiger partial charge in [-0.05, 0) is 18.2 Å². The van der Waals surface area contributed by atoms with Crippen LogP contribution >= 0.6 is 11.6 Å². The number of phenols is 1. The molecule has 0 aliphatic heterocycles. The first-order valence-electron chi connectivity index (χ1n) is 5.36. The second-order valence-electron chi connectivity index (χ2n) is 3.97. The van der Waals surface area contributed by atoms with E-state index in [2.05, 4.69) is 0 Å². The van der Waals surface area contributed by atoms with Crippen molar-refractivity contribution in [2.24, 2.45) is 0 Å². The summed E-state index contributed by atoms with van der Waals surface area (Å²) in [5, 5.41) is 9.05. The Morgan fingerprint density at radius 3 is 2.14 bits per heavy atom. The van der Waals surface area contributed by atoms with Gasteiger partial charge in [0.15, 0.2) is 4.90 Å². The Morgan fingerprint density at radius 1 is 1.05 bits per heavy atom. The molecule has 21 heavy (non-hydrogen) atoms. The minimum Gasteiger partial charge on any atom is -0.506 e. The fraction of sp³-hybridized carbons (Fsp3) is 0. The van der Waals surface area contributed by atoms with Crippen molar-refractivity contribution < 1.29 is 26.7 Å². The number of hydrogen-bond acceptors (Lipinski definition) is 3. The lowest BCUT2D eigenvalue weighted by Gasteiger charge is -2.10. The second-order valence-corrected chi connectivity index (χ2v) is 6.00. The quantitative estimate of drug-likeness (QED) is 0.845. The summed E-state index contributed by atoms with van der Waals surface area (Å²) in [7, 11) is -4.63. The summed E-state index contributed by atoms with van der Waals surface area (Å²) in [4.78, 5) is -1.31. The zero-order valence-corrected chi connectivity index (χ0v) is 11.6. The van der Waals surface area contributed by atoms with E-state index in [1.807, 2.05) is 4.72 Å². The molecule has 0 heterocycles. The van der Waals surface area contributed by atoms with E-state index in [4.69, 9.17) is 11.6 Å². The molecule has 4 nitrogen and oxygen atoms in total. The largest absolute Gasteiger partial charge is 0.506 e. The Kier molecular flexibility index (Phi) is 4.02. The summed E-state index contributed by atoms with van der Waals surface area (Å²) in [6, 6.07) is 3.78. The van der Waals surface area contributed by atoms with Crippen LogP contribution < -0.4 is 4.72 Å². The predicted molar refractivity (Wildman–Crippen MR) is 70.2 cm³/mol. The van der Waals surface area contributed by atoms with Crippen LogP contribution in [0.3, 0.4) is 0 Å². The number of halogens is 4. The number of rotatable bonds is 3. The summed E-state index contributed by atoms with van der Waals surface area (Å²) in [6.07, 6.45) is 0. The highest BCUT2D eigenvalue weighted by atomic mass is 35.5. The molecule has 112 valence electrons. The van der Waals surface area contributed by atoms with E-state index in [1.165, 1.54) is 0 Å². The zero-order chi connectivity index (χ0) is 15.8. The molecule has 9 heteroatoms. The third-order valence-corrected chi connectivity index (χ3v) is 4.17. The average Bonchev–Trinajstić information content (AvgIpc) is 2.31. The van der Waals surface area contributed by atoms with Gasteiger partial charge in [0, 0.05) is 12.1 Å². The summed E-state index contributed by atoms with van der Waals surface area (Å²) >= 11 is 5.59. The number of aromatic hydroxyl groups is 1. The van der Waals surface area contributed by atoms with Crippen molar-refractivity contribution >= 4 is 27.3 Å². The number of anilines is 1. The van der Waals surface area contributed by atoms with E-state index in [0.717, 1.165) is 18.2 Å². The molecule has 0 aromatic heterocycles. The van der Waals surface area contributed by atoms with Crippen molar-refractivity contribution in [3.63, 3.8) is 0 Å². The Balaban J connectivity index is 2.46. The molecule has 0 bridgehead atoms. The van der Waals surface area contributed by atoms with Gasteiger partial charge in [-0.1, -0.05) is 11.6 Å². The molecule has 0 fully saturated rings. The molecule has 2 N–H and O–H groups in total. The summed E-state index contributed by atoms with van der Waals surface area (Å²) in [5.41, 5.74) is -0.124. The lowest BCUT2D eigenvalue weighted by Crippen LogP contribution is -2.16. The number of phenolic OH excluding ortho intramolecular Hbond substituents is 1. The average molecular weight is 338 g/mol. The minimum atomic E-state index is -4.63. The minimum absolute atomic E-state index is 0.124. The third kappa shape index (κ3) is 3.22. The van der Waals surface area contributed by atoms with Gasteiger partial charge in [-0.3, -0.25) is 4.72 Å². The first-order chi connectivity index (χ1) is 9.70. The van der Waals surface area contributed by atoms with Crippen LogP contribution in [-0.4, -0.2) is 13.5 Å². The Bertz CT molecular complexity index is 788. The molecule has 0 aliphatic carbocycles. The SMILES string of the molecule is O=S(=O)(Nc1ccc(O)c(Cl)c1)c1c(F)cc(F)cc1F. The molecule has 0 aliphatic rings. The van der Waals surface area contributed by atoms with Gasteiger partial charge >= 0.3 is 0 Å². The maximum absolute atomic E-state index is 13.5. The highest BCUT2D eigenvalue weighted by Crippen LogP contribution is 2.28. The maximum atomic E-state index is 13.5. The van der Waals surface area contributed by atoms with Gasteiger partial charge in [0.1, 0.15) is 23.2 Å². The van der Waals surface area contributed by atoms with E-state index >= 15 is 0 Å². The Hall–Kier alpha value is -1.93. The van der Waals surface area contributed by atoms with Crippen molar-refractivity contribution in [2.45, 2.75) is 4.90 Å². The normalized spacial score (nSPS) is 11.4. The monoisotopic (exact) mass is 337 g/mol. The van der Waals surface area contributed by atoms with E-state index in [9.17, 15) is 26.7 Å². The fourth-order valence-corrected chi connectivity index (χ4v) is 2.91. The van der Waals surface area contributed by atoms with E-state index < -0.39 is 32.4 Å². The van der Waals surface area contributed by atoms with Crippen molar-refractivity contribution in [3.05, 3.63) is 52.8 Å². The molecule has 0 radical (unpaired) electrons. The molecule has 2 aromatic carbocycles. The van der Waals surface area contributed by atoms with Gasteiger partial charge in [0.05, 0.1) is 10.7 Å². The molecule has 0 unspecified atom stereocenters. The predicted octanol–water partition coefficient (Wildman–Crippen LogP) is 3.26. The Morgan fingerprint density at radius 2 is 1.62 bits per heavy atom. The van der Waals surface area contributed by atoms with Gasteiger partial charge < -0.3 is 5.11 Å². The zero-order valence-electron chi connectivity index (χ0n) is 10.1. The highest BCUT2D eigenvalue weighted by Gasteiger charge is 2.25. The number of sulfonamides is 1. The van der Waals surface area contributed by atoms with Gasteiger partial charge in [-0.25, -0.2) is 21.6 Å².